The summed E-state index contributed by atoms with van der Waals surface area (Å²) in [5, 5.41) is 3.40. The molecule has 2 aromatic heterocycles. The van der Waals surface area contributed by atoms with Gasteiger partial charge < -0.3 is 9.73 Å². The summed E-state index contributed by atoms with van der Waals surface area (Å²) in [6, 6.07) is 1.91. The van der Waals surface area contributed by atoms with E-state index < -0.39 is 0 Å². The highest BCUT2D eigenvalue weighted by atomic mass is 16.3. The van der Waals surface area contributed by atoms with E-state index in [1.165, 1.54) is 0 Å². The molecule has 0 aromatic carbocycles. The molecule has 0 aliphatic rings. The van der Waals surface area contributed by atoms with Gasteiger partial charge in [-0.3, -0.25) is 0 Å². The third-order valence-corrected chi connectivity index (χ3v) is 2.59. The minimum absolute atomic E-state index is 0.0935. The molecule has 0 fully saturated rings. The van der Waals surface area contributed by atoms with E-state index in [9.17, 15) is 0 Å². The molecular formula is C14H19N3O. The molecule has 0 saturated heterocycles. The Morgan fingerprint density at radius 1 is 1.22 bits per heavy atom. The Balaban J connectivity index is 2.09. The van der Waals surface area contributed by atoms with E-state index in [2.05, 4.69) is 36.1 Å². The topological polar surface area (TPSA) is 51.0 Å². The highest BCUT2D eigenvalue weighted by Gasteiger charge is 2.10. The fourth-order valence-electron chi connectivity index (χ4n) is 1.53. The molecule has 0 radical (unpaired) electrons. The molecule has 4 heteroatoms. The zero-order chi connectivity index (χ0) is 13.2. The monoisotopic (exact) mass is 245 g/mol. The molecule has 2 aromatic rings. The number of hydrogen-bond acceptors (Lipinski definition) is 4. The van der Waals surface area contributed by atoms with E-state index in [0.29, 0.717) is 5.82 Å². The minimum atomic E-state index is 0.0935. The largest absolute Gasteiger partial charge is 0.461 e. The van der Waals surface area contributed by atoms with Crippen molar-refractivity contribution < 1.29 is 4.42 Å². The van der Waals surface area contributed by atoms with E-state index in [1.54, 1.807) is 6.26 Å². The van der Waals surface area contributed by atoms with Gasteiger partial charge in [0.2, 0.25) is 0 Å². The van der Waals surface area contributed by atoms with Crippen LogP contribution in [0.3, 0.4) is 0 Å². The van der Waals surface area contributed by atoms with Crippen LogP contribution in [0.4, 0.5) is 0 Å². The van der Waals surface area contributed by atoms with Crippen molar-refractivity contribution in [1.82, 2.24) is 15.3 Å². The predicted molar refractivity (Wildman–Crippen MR) is 71.1 cm³/mol. The summed E-state index contributed by atoms with van der Waals surface area (Å²) < 4.78 is 5.36. The van der Waals surface area contributed by atoms with Gasteiger partial charge in [-0.15, -0.1) is 0 Å². The molecule has 0 unspecified atom stereocenters. The maximum absolute atomic E-state index is 5.36. The SMILES string of the molecule is Cc1ccoc1-c1ncc(CNC(C)(C)C)cn1. The van der Waals surface area contributed by atoms with Crippen molar-refractivity contribution in [3.05, 3.63) is 35.9 Å². The van der Waals surface area contributed by atoms with Gasteiger partial charge in [-0.1, -0.05) is 0 Å². The third kappa shape index (κ3) is 3.17. The van der Waals surface area contributed by atoms with Crippen LogP contribution in [0.1, 0.15) is 31.9 Å². The lowest BCUT2D eigenvalue weighted by atomic mass is 10.1. The van der Waals surface area contributed by atoms with Crippen molar-refractivity contribution in [2.45, 2.75) is 39.8 Å². The van der Waals surface area contributed by atoms with Crippen molar-refractivity contribution in [3.8, 4) is 11.6 Å². The zero-order valence-electron chi connectivity index (χ0n) is 11.3. The van der Waals surface area contributed by atoms with Gasteiger partial charge in [-0.25, -0.2) is 9.97 Å². The van der Waals surface area contributed by atoms with Gasteiger partial charge in [0.05, 0.1) is 6.26 Å². The Morgan fingerprint density at radius 3 is 2.39 bits per heavy atom. The number of aryl methyl sites for hydroxylation is 1. The summed E-state index contributed by atoms with van der Waals surface area (Å²) in [7, 11) is 0. The van der Waals surface area contributed by atoms with Crippen molar-refractivity contribution >= 4 is 0 Å². The van der Waals surface area contributed by atoms with Crippen LogP contribution in [0.25, 0.3) is 11.6 Å². The van der Waals surface area contributed by atoms with Gasteiger partial charge >= 0.3 is 0 Å². The summed E-state index contributed by atoms with van der Waals surface area (Å²) in [5.74, 6) is 1.38. The molecule has 96 valence electrons. The van der Waals surface area contributed by atoms with Crippen molar-refractivity contribution in [2.75, 3.05) is 0 Å². The lowest BCUT2D eigenvalue weighted by Crippen LogP contribution is -2.35. The van der Waals surface area contributed by atoms with Gasteiger partial charge in [-0.2, -0.15) is 0 Å². The molecule has 0 aliphatic carbocycles. The third-order valence-electron chi connectivity index (χ3n) is 2.59. The fraction of sp³-hybridized carbons (Fsp3) is 0.429. The average molecular weight is 245 g/mol. The average Bonchev–Trinajstić information content (AvgIpc) is 2.73. The number of nitrogens with one attached hydrogen (secondary N) is 1. The summed E-state index contributed by atoms with van der Waals surface area (Å²) in [6.07, 6.45) is 5.33. The molecule has 0 aliphatic heterocycles. The molecule has 0 atom stereocenters. The van der Waals surface area contributed by atoms with E-state index in [-0.39, 0.29) is 5.54 Å². The standard InChI is InChI=1S/C14H19N3O/c1-10-5-6-18-12(10)13-15-7-11(8-16-13)9-17-14(2,3)4/h5-8,17H,9H2,1-4H3. The second-order valence-electron chi connectivity index (χ2n) is 5.45. The highest BCUT2D eigenvalue weighted by molar-refractivity contribution is 5.51. The second-order valence-corrected chi connectivity index (χ2v) is 5.45. The molecular weight excluding hydrogens is 226 g/mol. The van der Waals surface area contributed by atoms with Crippen molar-refractivity contribution in [3.63, 3.8) is 0 Å². The van der Waals surface area contributed by atoms with Crippen LogP contribution in [-0.2, 0) is 6.54 Å². The molecule has 0 saturated carbocycles. The van der Waals surface area contributed by atoms with Crippen LogP contribution < -0.4 is 5.32 Å². The van der Waals surface area contributed by atoms with Crippen LogP contribution >= 0.6 is 0 Å². The minimum Gasteiger partial charge on any atom is -0.461 e. The molecule has 4 nitrogen and oxygen atoms in total. The Kier molecular flexibility index (Phi) is 3.48. The number of nitrogens with zero attached hydrogens (tertiary/aromatic N) is 2. The Hall–Kier alpha value is -1.68. The van der Waals surface area contributed by atoms with E-state index >= 15 is 0 Å². The molecule has 2 rings (SSSR count). The Morgan fingerprint density at radius 2 is 1.89 bits per heavy atom. The highest BCUT2D eigenvalue weighted by Crippen LogP contribution is 2.19. The van der Waals surface area contributed by atoms with Crippen LogP contribution in [0.15, 0.2) is 29.1 Å². The van der Waals surface area contributed by atoms with E-state index in [4.69, 9.17) is 4.42 Å². The normalized spacial score (nSPS) is 11.8. The predicted octanol–water partition coefficient (Wildman–Crippen LogP) is 2.93. The summed E-state index contributed by atoms with van der Waals surface area (Å²) in [5.41, 5.74) is 2.21. The molecule has 18 heavy (non-hydrogen) atoms. The smallest absolute Gasteiger partial charge is 0.195 e. The molecule has 0 bridgehead atoms. The first-order chi connectivity index (χ1) is 8.46. The summed E-state index contributed by atoms with van der Waals surface area (Å²) in [6.45, 7) is 9.15. The molecule has 2 heterocycles. The first kappa shape index (κ1) is 12.8. The molecule has 0 spiro atoms. The zero-order valence-corrected chi connectivity index (χ0v) is 11.3. The van der Waals surface area contributed by atoms with Crippen LogP contribution in [0.2, 0.25) is 0 Å². The van der Waals surface area contributed by atoms with Gasteiger partial charge in [0.25, 0.3) is 0 Å². The summed E-state index contributed by atoms with van der Waals surface area (Å²) >= 11 is 0. The summed E-state index contributed by atoms with van der Waals surface area (Å²) in [4.78, 5) is 8.68. The van der Waals surface area contributed by atoms with E-state index in [1.807, 2.05) is 25.4 Å². The second kappa shape index (κ2) is 4.90. The Bertz CT molecular complexity index is 509. The van der Waals surface area contributed by atoms with Crippen LogP contribution in [0, 0.1) is 6.92 Å². The maximum atomic E-state index is 5.36. The fourth-order valence-corrected chi connectivity index (χ4v) is 1.53. The lowest BCUT2D eigenvalue weighted by Gasteiger charge is -2.20. The van der Waals surface area contributed by atoms with Crippen molar-refractivity contribution in [1.29, 1.82) is 0 Å². The van der Waals surface area contributed by atoms with Gasteiger partial charge in [0.1, 0.15) is 0 Å². The number of rotatable bonds is 3. The van der Waals surface area contributed by atoms with Gasteiger partial charge in [0, 0.05) is 30.0 Å². The number of furan rings is 1. The number of aromatic nitrogens is 2. The maximum Gasteiger partial charge on any atom is 0.195 e. The Labute approximate surface area is 107 Å². The molecule has 0 amide bonds. The first-order valence-electron chi connectivity index (χ1n) is 6.06. The first-order valence-corrected chi connectivity index (χ1v) is 6.06. The molecule has 1 N–H and O–H groups in total. The van der Waals surface area contributed by atoms with Gasteiger partial charge in [0.15, 0.2) is 11.6 Å². The van der Waals surface area contributed by atoms with Crippen LogP contribution in [-0.4, -0.2) is 15.5 Å². The van der Waals surface area contributed by atoms with E-state index in [0.717, 1.165) is 23.4 Å². The van der Waals surface area contributed by atoms with Gasteiger partial charge in [-0.05, 0) is 39.3 Å². The van der Waals surface area contributed by atoms with Crippen molar-refractivity contribution in [2.24, 2.45) is 0 Å². The quantitative estimate of drug-likeness (QED) is 0.903. The van der Waals surface area contributed by atoms with Crippen LogP contribution in [0.5, 0.6) is 0 Å². The lowest BCUT2D eigenvalue weighted by molar-refractivity contribution is 0.423. The number of hydrogen-bond donors (Lipinski definition) is 1.